The highest BCUT2D eigenvalue weighted by molar-refractivity contribution is 6.06. The van der Waals surface area contributed by atoms with Crippen molar-refractivity contribution in [1.29, 1.82) is 5.26 Å². The number of carbonyl (C=O) groups is 2. The number of hydrogen-bond acceptors (Lipinski definition) is 5. The molecule has 116 valence electrons. The molecule has 0 heterocycles. The molecule has 0 bridgehead atoms. The molecule has 1 aromatic rings. The van der Waals surface area contributed by atoms with Gasteiger partial charge in [0.1, 0.15) is 17.4 Å². The van der Waals surface area contributed by atoms with E-state index in [1.807, 2.05) is 6.07 Å². The fraction of sp³-hybridized carbons (Fsp3) is 0.267. The molecule has 0 aliphatic heterocycles. The molecule has 7 heteroatoms. The lowest BCUT2D eigenvalue weighted by atomic mass is 10.2. The van der Waals surface area contributed by atoms with E-state index in [4.69, 9.17) is 10.00 Å². The molecule has 0 aliphatic carbocycles. The average Bonchev–Trinajstić information content (AvgIpc) is 2.51. The number of nitrogens with one attached hydrogen (secondary N) is 3. The van der Waals surface area contributed by atoms with Gasteiger partial charge >= 0.3 is 0 Å². The summed E-state index contributed by atoms with van der Waals surface area (Å²) in [6.07, 6.45) is 1.32. The number of carbonyl (C=O) groups excluding carboxylic acids is 2. The lowest BCUT2D eigenvalue weighted by Gasteiger charge is -2.06. The minimum absolute atomic E-state index is 0.0568. The highest BCUT2D eigenvalue weighted by atomic mass is 16.5. The summed E-state index contributed by atoms with van der Waals surface area (Å²) in [5.74, 6) is 0.0249. The van der Waals surface area contributed by atoms with Crippen molar-refractivity contribution in [3.63, 3.8) is 0 Å². The van der Waals surface area contributed by atoms with Crippen LogP contribution in [0.1, 0.15) is 6.92 Å². The van der Waals surface area contributed by atoms with Gasteiger partial charge in [0.2, 0.25) is 5.91 Å². The maximum absolute atomic E-state index is 11.9. The Labute approximate surface area is 129 Å². The standard InChI is InChI=1S/C15H18N4O3/c1-11(20)18-8-7-17-10-12(9-16)15(21)19-13-3-5-14(22-2)6-4-13/h3-6,10,17H,7-8H2,1-2H3,(H,18,20)(H,19,21)/b12-10-. The number of anilines is 1. The van der Waals surface area contributed by atoms with Crippen LogP contribution in [-0.2, 0) is 9.59 Å². The van der Waals surface area contributed by atoms with Gasteiger partial charge in [0.05, 0.1) is 7.11 Å². The second kappa shape index (κ2) is 9.02. The highest BCUT2D eigenvalue weighted by Crippen LogP contribution is 2.15. The van der Waals surface area contributed by atoms with Gasteiger partial charge in [0.15, 0.2) is 0 Å². The lowest BCUT2D eigenvalue weighted by Crippen LogP contribution is -2.28. The number of nitrogens with zero attached hydrogens (tertiary/aromatic N) is 1. The number of hydrogen-bond donors (Lipinski definition) is 3. The Bertz CT molecular complexity index is 588. The van der Waals surface area contributed by atoms with Crippen LogP contribution >= 0.6 is 0 Å². The number of amides is 2. The summed E-state index contributed by atoms with van der Waals surface area (Å²) >= 11 is 0. The normalized spacial score (nSPS) is 10.3. The molecule has 1 aromatic carbocycles. The molecule has 0 saturated heterocycles. The molecule has 0 radical (unpaired) electrons. The zero-order valence-corrected chi connectivity index (χ0v) is 12.5. The molecule has 2 amide bonds. The van der Waals surface area contributed by atoms with E-state index in [-0.39, 0.29) is 11.5 Å². The molecule has 0 fully saturated rings. The van der Waals surface area contributed by atoms with E-state index in [0.717, 1.165) is 0 Å². The van der Waals surface area contributed by atoms with Crippen molar-refractivity contribution in [2.75, 3.05) is 25.5 Å². The number of nitriles is 1. The van der Waals surface area contributed by atoms with Crippen LogP contribution < -0.4 is 20.7 Å². The molecule has 1 rings (SSSR count). The predicted molar refractivity (Wildman–Crippen MR) is 82.0 cm³/mol. The molecule has 0 spiro atoms. The van der Waals surface area contributed by atoms with Gasteiger partial charge in [-0.3, -0.25) is 9.59 Å². The van der Waals surface area contributed by atoms with Crippen molar-refractivity contribution >= 4 is 17.5 Å². The van der Waals surface area contributed by atoms with Crippen molar-refractivity contribution in [3.8, 4) is 11.8 Å². The van der Waals surface area contributed by atoms with Gasteiger partial charge in [-0.15, -0.1) is 0 Å². The van der Waals surface area contributed by atoms with Crippen LogP contribution in [0.15, 0.2) is 36.0 Å². The summed E-state index contributed by atoms with van der Waals surface area (Å²) in [5.41, 5.74) is 0.504. The van der Waals surface area contributed by atoms with Crippen molar-refractivity contribution in [3.05, 3.63) is 36.0 Å². The molecule has 0 unspecified atom stereocenters. The number of rotatable bonds is 7. The maximum atomic E-state index is 11.9. The third kappa shape index (κ3) is 5.96. The molecule has 0 saturated carbocycles. The van der Waals surface area contributed by atoms with E-state index >= 15 is 0 Å². The second-order valence-electron chi connectivity index (χ2n) is 4.29. The molecule has 7 nitrogen and oxygen atoms in total. The summed E-state index contributed by atoms with van der Waals surface area (Å²) in [7, 11) is 1.55. The van der Waals surface area contributed by atoms with Crippen molar-refractivity contribution in [2.45, 2.75) is 6.92 Å². The minimum atomic E-state index is -0.514. The van der Waals surface area contributed by atoms with E-state index in [1.54, 1.807) is 31.4 Å². The van der Waals surface area contributed by atoms with Crippen molar-refractivity contribution < 1.29 is 14.3 Å². The Morgan fingerprint density at radius 1 is 1.27 bits per heavy atom. The van der Waals surface area contributed by atoms with Crippen molar-refractivity contribution in [1.82, 2.24) is 10.6 Å². The van der Waals surface area contributed by atoms with Gasteiger partial charge in [-0.1, -0.05) is 0 Å². The van der Waals surface area contributed by atoms with Crippen LogP contribution in [0.3, 0.4) is 0 Å². The molecule has 0 atom stereocenters. The number of ether oxygens (including phenoxy) is 1. The summed E-state index contributed by atoms with van der Waals surface area (Å²) in [4.78, 5) is 22.6. The highest BCUT2D eigenvalue weighted by Gasteiger charge is 2.09. The Balaban J connectivity index is 2.52. The Kier molecular flexibility index (Phi) is 6.99. The van der Waals surface area contributed by atoms with Gasteiger partial charge in [0, 0.05) is 31.9 Å². The third-order valence-corrected chi connectivity index (χ3v) is 2.60. The van der Waals surface area contributed by atoms with E-state index in [0.29, 0.717) is 24.5 Å². The van der Waals surface area contributed by atoms with Gasteiger partial charge in [-0.05, 0) is 24.3 Å². The average molecular weight is 302 g/mol. The first-order valence-corrected chi connectivity index (χ1v) is 6.60. The van der Waals surface area contributed by atoms with E-state index in [1.165, 1.54) is 13.1 Å². The van der Waals surface area contributed by atoms with Gasteiger partial charge < -0.3 is 20.7 Å². The molecular weight excluding hydrogens is 284 g/mol. The minimum Gasteiger partial charge on any atom is -0.497 e. The van der Waals surface area contributed by atoms with Crippen LogP contribution in [0.4, 0.5) is 5.69 Å². The SMILES string of the molecule is COc1ccc(NC(=O)/C(C#N)=C\NCCNC(C)=O)cc1. The van der Waals surface area contributed by atoms with E-state index in [2.05, 4.69) is 16.0 Å². The predicted octanol–water partition coefficient (Wildman–Crippen LogP) is 0.767. The molecule has 0 aromatic heterocycles. The topological polar surface area (TPSA) is 103 Å². The van der Waals surface area contributed by atoms with Gasteiger partial charge in [0.25, 0.3) is 5.91 Å². The summed E-state index contributed by atoms with van der Waals surface area (Å²) in [6.45, 7) is 2.24. The molecular formula is C15H18N4O3. The first-order chi connectivity index (χ1) is 10.6. The summed E-state index contributed by atoms with van der Waals surface area (Å²) in [6, 6.07) is 8.58. The summed E-state index contributed by atoms with van der Waals surface area (Å²) < 4.78 is 5.02. The van der Waals surface area contributed by atoms with E-state index in [9.17, 15) is 9.59 Å². The molecule has 3 N–H and O–H groups in total. The fourth-order valence-corrected chi connectivity index (χ4v) is 1.51. The number of methoxy groups -OCH3 is 1. The van der Waals surface area contributed by atoms with Crippen molar-refractivity contribution in [2.24, 2.45) is 0 Å². The monoisotopic (exact) mass is 302 g/mol. The quantitative estimate of drug-likeness (QED) is 0.392. The van der Waals surface area contributed by atoms with E-state index < -0.39 is 5.91 Å². The van der Waals surface area contributed by atoms with Gasteiger partial charge in [-0.2, -0.15) is 5.26 Å². The van der Waals surface area contributed by atoms with Crippen LogP contribution in [0.25, 0.3) is 0 Å². The molecule has 0 aliphatic rings. The smallest absolute Gasteiger partial charge is 0.267 e. The first-order valence-electron chi connectivity index (χ1n) is 6.60. The molecule has 22 heavy (non-hydrogen) atoms. The number of benzene rings is 1. The zero-order valence-electron chi connectivity index (χ0n) is 12.5. The van der Waals surface area contributed by atoms with Crippen LogP contribution in [0.2, 0.25) is 0 Å². The van der Waals surface area contributed by atoms with Crippen LogP contribution in [-0.4, -0.2) is 32.0 Å². The Morgan fingerprint density at radius 2 is 1.95 bits per heavy atom. The van der Waals surface area contributed by atoms with Gasteiger partial charge in [-0.25, -0.2) is 0 Å². The summed E-state index contributed by atoms with van der Waals surface area (Å²) in [5, 5.41) is 17.0. The fourth-order valence-electron chi connectivity index (χ4n) is 1.51. The first kappa shape index (κ1) is 17.0. The van der Waals surface area contributed by atoms with Crippen LogP contribution in [0, 0.1) is 11.3 Å². The third-order valence-electron chi connectivity index (χ3n) is 2.60. The van der Waals surface area contributed by atoms with Crippen LogP contribution in [0.5, 0.6) is 5.75 Å². The zero-order chi connectivity index (χ0) is 16.4. The largest absolute Gasteiger partial charge is 0.497 e. The Morgan fingerprint density at radius 3 is 2.50 bits per heavy atom. The Hall–Kier alpha value is -3.01. The maximum Gasteiger partial charge on any atom is 0.267 e. The lowest BCUT2D eigenvalue weighted by molar-refractivity contribution is -0.119. The second-order valence-corrected chi connectivity index (χ2v) is 4.29.